The minimum absolute atomic E-state index is 0.247. The summed E-state index contributed by atoms with van der Waals surface area (Å²) in [5.74, 6) is -1.33. The quantitative estimate of drug-likeness (QED) is 0.751. The van der Waals surface area contributed by atoms with Crippen LogP contribution in [-0.2, 0) is 4.79 Å². The van der Waals surface area contributed by atoms with Gasteiger partial charge in [-0.05, 0) is 18.6 Å². The van der Waals surface area contributed by atoms with Crippen LogP contribution >= 0.6 is 11.8 Å². The first-order chi connectivity index (χ1) is 9.56. The predicted octanol–water partition coefficient (Wildman–Crippen LogP) is 2.14. The van der Waals surface area contributed by atoms with Gasteiger partial charge in [0.05, 0.1) is 23.3 Å². The van der Waals surface area contributed by atoms with Gasteiger partial charge in [-0.2, -0.15) is 5.26 Å². The summed E-state index contributed by atoms with van der Waals surface area (Å²) >= 11 is 1.30. The molecule has 0 bridgehead atoms. The lowest BCUT2D eigenvalue weighted by atomic mass is 10.1. The van der Waals surface area contributed by atoms with Crippen LogP contribution in [0.25, 0.3) is 0 Å². The number of nitriles is 1. The number of carbonyl (C=O) groups is 2. The number of amides is 1. The van der Waals surface area contributed by atoms with Crippen LogP contribution in [0.2, 0.25) is 0 Å². The number of carboxylic acid groups (broad SMARTS) is 1. The molecule has 0 aliphatic heterocycles. The molecule has 2 N–H and O–H groups in total. The molecule has 106 valence electrons. The summed E-state index contributed by atoms with van der Waals surface area (Å²) in [6.45, 7) is 1.91. The average Bonchev–Trinajstić information content (AvgIpc) is 2.45. The van der Waals surface area contributed by atoms with Gasteiger partial charge in [-0.3, -0.25) is 9.59 Å². The molecular formula is C14H16N2O3S. The van der Waals surface area contributed by atoms with Gasteiger partial charge >= 0.3 is 5.97 Å². The van der Waals surface area contributed by atoms with Gasteiger partial charge in [0.15, 0.2) is 0 Å². The molecule has 0 fully saturated rings. The van der Waals surface area contributed by atoms with E-state index in [9.17, 15) is 9.59 Å². The summed E-state index contributed by atoms with van der Waals surface area (Å²) < 4.78 is 0. The van der Waals surface area contributed by atoms with Crippen LogP contribution in [0.5, 0.6) is 0 Å². The van der Waals surface area contributed by atoms with Gasteiger partial charge in [-0.15, -0.1) is 11.8 Å². The fraction of sp³-hybridized carbons (Fsp3) is 0.357. The van der Waals surface area contributed by atoms with Crippen molar-refractivity contribution in [1.82, 2.24) is 5.32 Å². The molecule has 0 aromatic heterocycles. The van der Waals surface area contributed by atoms with Crippen molar-refractivity contribution in [1.29, 1.82) is 5.26 Å². The van der Waals surface area contributed by atoms with E-state index >= 15 is 0 Å². The second-order valence-corrected chi connectivity index (χ2v) is 5.24. The van der Waals surface area contributed by atoms with Gasteiger partial charge in [0, 0.05) is 11.4 Å². The van der Waals surface area contributed by atoms with E-state index in [2.05, 4.69) is 5.32 Å². The van der Waals surface area contributed by atoms with Crippen molar-refractivity contribution >= 4 is 23.6 Å². The third kappa shape index (κ3) is 4.94. The van der Waals surface area contributed by atoms with Crippen molar-refractivity contribution in [2.24, 2.45) is 5.92 Å². The number of hydrogen-bond donors (Lipinski definition) is 2. The Kier molecular flexibility index (Phi) is 6.60. The van der Waals surface area contributed by atoms with Crippen LogP contribution in [0.15, 0.2) is 29.2 Å². The second kappa shape index (κ2) is 8.23. The molecular weight excluding hydrogens is 276 g/mol. The zero-order valence-electron chi connectivity index (χ0n) is 11.1. The normalized spacial score (nSPS) is 11.4. The highest BCUT2D eigenvalue weighted by molar-refractivity contribution is 7.99. The van der Waals surface area contributed by atoms with E-state index in [0.717, 1.165) is 4.90 Å². The molecule has 1 amide bonds. The zero-order chi connectivity index (χ0) is 15.0. The molecule has 0 aliphatic rings. The third-order valence-corrected chi connectivity index (χ3v) is 3.65. The Morgan fingerprint density at radius 2 is 2.15 bits per heavy atom. The van der Waals surface area contributed by atoms with E-state index in [-0.39, 0.29) is 11.7 Å². The van der Waals surface area contributed by atoms with Gasteiger partial charge in [0.25, 0.3) is 5.91 Å². The van der Waals surface area contributed by atoms with Gasteiger partial charge in [0.1, 0.15) is 0 Å². The molecule has 1 unspecified atom stereocenters. The van der Waals surface area contributed by atoms with Crippen LogP contribution in [0.4, 0.5) is 0 Å². The summed E-state index contributed by atoms with van der Waals surface area (Å²) in [6.07, 6.45) is 0.384. The highest BCUT2D eigenvalue weighted by atomic mass is 32.2. The largest absolute Gasteiger partial charge is 0.481 e. The van der Waals surface area contributed by atoms with Crippen molar-refractivity contribution < 1.29 is 14.7 Å². The highest BCUT2D eigenvalue weighted by Gasteiger charge is 2.13. The maximum absolute atomic E-state index is 12.0. The highest BCUT2D eigenvalue weighted by Crippen LogP contribution is 2.22. The fourth-order valence-corrected chi connectivity index (χ4v) is 2.22. The van der Waals surface area contributed by atoms with E-state index in [1.54, 1.807) is 25.1 Å². The Bertz CT molecular complexity index is 525. The Balaban J connectivity index is 2.59. The number of rotatable bonds is 7. The SMILES string of the molecule is CC(CCNC(=O)c1ccccc1SCC#N)C(=O)O. The first-order valence-electron chi connectivity index (χ1n) is 6.16. The molecule has 0 aliphatic carbocycles. The van der Waals surface area contributed by atoms with Crippen LogP contribution < -0.4 is 5.32 Å². The van der Waals surface area contributed by atoms with Crippen molar-refractivity contribution in [2.45, 2.75) is 18.2 Å². The Morgan fingerprint density at radius 3 is 2.80 bits per heavy atom. The summed E-state index contributed by atoms with van der Waals surface area (Å²) in [5, 5.41) is 20.0. The number of hydrogen-bond acceptors (Lipinski definition) is 4. The molecule has 20 heavy (non-hydrogen) atoms. The number of aliphatic carboxylic acids is 1. The standard InChI is InChI=1S/C14H16N2O3S/c1-10(14(18)19)6-8-16-13(17)11-4-2-3-5-12(11)20-9-7-15/h2-5,10H,6,8-9H2,1H3,(H,16,17)(H,18,19). The van der Waals surface area contributed by atoms with Gasteiger partial charge < -0.3 is 10.4 Å². The van der Waals surface area contributed by atoms with Crippen molar-refractivity contribution in [3.8, 4) is 6.07 Å². The van der Waals surface area contributed by atoms with Crippen molar-refractivity contribution in [3.05, 3.63) is 29.8 Å². The smallest absolute Gasteiger partial charge is 0.306 e. The summed E-state index contributed by atoms with van der Waals surface area (Å²) in [7, 11) is 0. The van der Waals surface area contributed by atoms with Crippen molar-refractivity contribution in [2.75, 3.05) is 12.3 Å². The molecule has 1 rings (SSSR count). The molecule has 0 radical (unpaired) electrons. The van der Waals surface area contributed by atoms with Gasteiger partial charge in [0.2, 0.25) is 0 Å². The lowest BCUT2D eigenvalue weighted by Crippen LogP contribution is -2.27. The number of nitrogens with one attached hydrogen (secondary N) is 1. The van der Waals surface area contributed by atoms with Crippen molar-refractivity contribution in [3.63, 3.8) is 0 Å². The molecule has 0 saturated heterocycles. The van der Waals surface area contributed by atoms with Crippen LogP contribution in [0, 0.1) is 17.2 Å². The number of carboxylic acids is 1. The summed E-state index contributed by atoms with van der Waals surface area (Å²) in [4.78, 5) is 23.4. The number of benzene rings is 1. The minimum Gasteiger partial charge on any atom is -0.481 e. The lowest BCUT2D eigenvalue weighted by molar-refractivity contribution is -0.141. The number of nitrogens with zero attached hydrogens (tertiary/aromatic N) is 1. The molecule has 0 heterocycles. The molecule has 5 nitrogen and oxygen atoms in total. The lowest BCUT2D eigenvalue weighted by Gasteiger charge is -2.10. The second-order valence-electron chi connectivity index (χ2n) is 4.23. The molecule has 1 aromatic rings. The number of thioether (sulfide) groups is 1. The van der Waals surface area contributed by atoms with Gasteiger partial charge in [-0.25, -0.2) is 0 Å². The molecule has 0 spiro atoms. The van der Waals surface area contributed by atoms with Crippen LogP contribution in [0.1, 0.15) is 23.7 Å². The van der Waals surface area contributed by atoms with Gasteiger partial charge in [-0.1, -0.05) is 19.1 Å². The Hall–Kier alpha value is -2.00. The Labute approximate surface area is 122 Å². The summed E-state index contributed by atoms with van der Waals surface area (Å²) in [6, 6.07) is 9.06. The fourth-order valence-electron chi connectivity index (χ4n) is 1.51. The topological polar surface area (TPSA) is 90.2 Å². The molecule has 6 heteroatoms. The van der Waals surface area contributed by atoms with E-state index in [0.29, 0.717) is 18.5 Å². The third-order valence-electron chi connectivity index (χ3n) is 2.71. The maximum Gasteiger partial charge on any atom is 0.306 e. The minimum atomic E-state index is -0.871. The van der Waals surface area contributed by atoms with E-state index in [4.69, 9.17) is 10.4 Å². The first kappa shape index (κ1) is 16.1. The van der Waals surface area contributed by atoms with E-state index in [1.807, 2.05) is 12.1 Å². The van der Waals surface area contributed by atoms with E-state index in [1.165, 1.54) is 11.8 Å². The zero-order valence-corrected chi connectivity index (χ0v) is 11.9. The van der Waals surface area contributed by atoms with Crippen LogP contribution in [0.3, 0.4) is 0 Å². The predicted molar refractivity (Wildman–Crippen MR) is 76.5 cm³/mol. The summed E-state index contributed by atoms with van der Waals surface area (Å²) in [5.41, 5.74) is 0.510. The maximum atomic E-state index is 12.0. The monoisotopic (exact) mass is 292 g/mol. The van der Waals surface area contributed by atoms with E-state index < -0.39 is 11.9 Å². The Morgan fingerprint density at radius 1 is 1.45 bits per heavy atom. The average molecular weight is 292 g/mol. The first-order valence-corrected chi connectivity index (χ1v) is 7.14. The molecule has 0 saturated carbocycles. The van der Waals surface area contributed by atoms with Crippen LogP contribution in [-0.4, -0.2) is 29.3 Å². The molecule has 1 atom stereocenters. The molecule has 1 aromatic carbocycles. The number of carbonyl (C=O) groups excluding carboxylic acids is 1.